The minimum atomic E-state index is -1.09. The molecule has 0 heterocycles. The number of para-hydroxylation sites is 1. The number of hydrogen-bond donors (Lipinski definition) is 2. The molecule has 1 rings (SSSR count). The van der Waals surface area contributed by atoms with Gasteiger partial charge in [-0.3, -0.25) is 4.79 Å². The Hall–Kier alpha value is -1.88. The lowest BCUT2D eigenvalue weighted by molar-refractivity contribution is -0.111. The Labute approximate surface area is 113 Å². The van der Waals surface area contributed by atoms with Crippen LogP contribution in [0.3, 0.4) is 0 Å². The maximum absolute atomic E-state index is 11.6. The summed E-state index contributed by atoms with van der Waals surface area (Å²) in [7, 11) is 0. The van der Waals surface area contributed by atoms with Crippen LogP contribution in [0, 0.1) is 0 Å². The van der Waals surface area contributed by atoms with Crippen molar-refractivity contribution in [3.05, 3.63) is 52.5 Å². The van der Waals surface area contributed by atoms with Gasteiger partial charge in [0.1, 0.15) is 0 Å². The number of amides is 1. The lowest BCUT2D eigenvalue weighted by atomic mass is 10.2. The molecule has 0 aliphatic rings. The maximum Gasteiger partial charge on any atom is 0.337 e. The molecule has 5 heteroatoms. The van der Waals surface area contributed by atoms with Crippen LogP contribution in [-0.4, -0.2) is 17.0 Å². The van der Waals surface area contributed by atoms with Crippen molar-refractivity contribution in [2.75, 3.05) is 5.32 Å². The Bertz CT molecular complexity index is 521. The summed E-state index contributed by atoms with van der Waals surface area (Å²) in [6.07, 6.45) is 6.39. The van der Waals surface area contributed by atoms with Crippen LogP contribution in [0.4, 0.5) is 5.69 Å². The normalized spacial score (nSPS) is 11.0. The Morgan fingerprint density at radius 1 is 1.33 bits per heavy atom. The average Bonchev–Trinajstić information content (AvgIpc) is 2.31. The lowest BCUT2D eigenvalue weighted by Gasteiger charge is -2.08. The van der Waals surface area contributed by atoms with Crippen molar-refractivity contribution in [2.24, 2.45) is 0 Å². The van der Waals surface area contributed by atoms with Crippen LogP contribution >= 0.6 is 15.9 Å². The smallest absolute Gasteiger partial charge is 0.337 e. The van der Waals surface area contributed by atoms with Gasteiger partial charge in [-0.15, -0.1) is 0 Å². The van der Waals surface area contributed by atoms with Gasteiger partial charge in [-0.2, -0.15) is 0 Å². The van der Waals surface area contributed by atoms with Gasteiger partial charge >= 0.3 is 5.97 Å². The SMILES string of the molecule is CC=CC=CC(=O)Nc1c(Br)cccc1C(=O)O. The molecule has 0 radical (unpaired) electrons. The molecule has 0 aliphatic carbocycles. The molecule has 1 aromatic carbocycles. The second kappa shape index (κ2) is 6.76. The van der Waals surface area contributed by atoms with E-state index in [9.17, 15) is 9.59 Å². The van der Waals surface area contributed by atoms with Crippen molar-refractivity contribution in [3.8, 4) is 0 Å². The minimum Gasteiger partial charge on any atom is -0.478 e. The Kier molecular flexibility index (Phi) is 5.32. The highest BCUT2D eigenvalue weighted by molar-refractivity contribution is 9.10. The fourth-order valence-electron chi connectivity index (χ4n) is 1.25. The van der Waals surface area contributed by atoms with Crippen molar-refractivity contribution >= 4 is 33.5 Å². The van der Waals surface area contributed by atoms with Crippen LogP contribution in [0.5, 0.6) is 0 Å². The molecule has 0 atom stereocenters. The molecule has 2 N–H and O–H groups in total. The molecule has 0 aliphatic heterocycles. The van der Waals surface area contributed by atoms with Gasteiger partial charge < -0.3 is 10.4 Å². The number of allylic oxidation sites excluding steroid dienone is 3. The second-order valence-electron chi connectivity index (χ2n) is 3.34. The van der Waals surface area contributed by atoms with E-state index in [-0.39, 0.29) is 17.2 Å². The van der Waals surface area contributed by atoms with Crippen LogP contribution in [0.1, 0.15) is 17.3 Å². The topological polar surface area (TPSA) is 66.4 Å². The largest absolute Gasteiger partial charge is 0.478 e. The first-order chi connectivity index (χ1) is 8.56. The number of anilines is 1. The number of aromatic carboxylic acids is 1. The van der Waals surface area contributed by atoms with E-state index in [1.807, 2.05) is 6.92 Å². The van der Waals surface area contributed by atoms with E-state index in [0.717, 1.165) is 0 Å². The summed E-state index contributed by atoms with van der Waals surface area (Å²) in [4.78, 5) is 22.6. The van der Waals surface area contributed by atoms with E-state index in [1.54, 1.807) is 30.4 Å². The highest BCUT2D eigenvalue weighted by atomic mass is 79.9. The van der Waals surface area contributed by atoms with Crippen molar-refractivity contribution in [2.45, 2.75) is 6.92 Å². The molecule has 0 spiro atoms. The molecule has 94 valence electrons. The van der Waals surface area contributed by atoms with Crippen molar-refractivity contribution < 1.29 is 14.7 Å². The third-order valence-electron chi connectivity index (χ3n) is 2.04. The molecule has 1 amide bonds. The highest BCUT2D eigenvalue weighted by Crippen LogP contribution is 2.26. The van der Waals surface area contributed by atoms with E-state index in [4.69, 9.17) is 5.11 Å². The molecule has 0 fully saturated rings. The van der Waals surface area contributed by atoms with Gasteiger partial charge in [0.15, 0.2) is 0 Å². The summed E-state index contributed by atoms with van der Waals surface area (Å²) >= 11 is 3.21. The Balaban J connectivity index is 2.96. The third-order valence-corrected chi connectivity index (χ3v) is 2.70. The average molecular weight is 310 g/mol. The minimum absolute atomic E-state index is 0.0390. The second-order valence-corrected chi connectivity index (χ2v) is 4.20. The number of carbonyl (C=O) groups is 2. The van der Waals surface area contributed by atoms with Crippen LogP contribution in [-0.2, 0) is 4.79 Å². The maximum atomic E-state index is 11.6. The van der Waals surface area contributed by atoms with Crippen LogP contribution < -0.4 is 5.32 Å². The van der Waals surface area contributed by atoms with Gasteiger partial charge in [-0.05, 0) is 35.0 Å². The highest BCUT2D eigenvalue weighted by Gasteiger charge is 2.13. The summed E-state index contributed by atoms with van der Waals surface area (Å²) in [5.41, 5.74) is 0.289. The fourth-order valence-corrected chi connectivity index (χ4v) is 1.71. The predicted molar refractivity (Wildman–Crippen MR) is 73.7 cm³/mol. The van der Waals surface area contributed by atoms with Gasteiger partial charge in [-0.25, -0.2) is 4.79 Å². The van der Waals surface area contributed by atoms with Crippen LogP contribution in [0.15, 0.2) is 47.0 Å². The molecule has 0 bridgehead atoms. The molecule has 0 unspecified atom stereocenters. The van der Waals surface area contributed by atoms with E-state index in [1.165, 1.54) is 12.1 Å². The number of nitrogens with one attached hydrogen (secondary N) is 1. The lowest BCUT2D eigenvalue weighted by Crippen LogP contribution is -2.12. The fraction of sp³-hybridized carbons (Fsp3) is 0.0769. The summed E-state index contributed by atoms with van der Waals surface area (Å²) in [6, 6.07) is 4.69. The standard InChI is InChI=1S/C13H12BrNO3/c1-2-3-4-8-11(16)15-12-9(13(17)18)6-5-7-10(12)14/h2-8H,1H3,(H,15,16)(H,17,18). The van der Waals surface area contributed by atoms with E-state index < -0.39 is 5.97 Å². The molecular weight excluding hydrogens is 298 g/mol. The predicted octanol–water partition coefficient (Wildman–Crippen LogP) is 3.22. The van der Waals surface area contributed by atoms with Crippen LogP contribution in [0.25, 0.3) is 0 Å². The number of carboxylic acid groups (broad SMARTS) is 1. The van der Waals surface area contributed by atoms with Gasteiger partial charge in [0, 0.05) is 10.5 Å². The van der Waals surface area contributed by atoms with E-state index in [0.29, 0.717) is 4.47 Å². The zero-order chi connectivity index (χ0) is 13.5. The van der Waals surface area contributed by atoms with E-state index >= 15 is 0 Å². The first-order valence-electron chi connectivity index (χ1n) is 5.18. The van der Waals surface area contributed by atoms with Crippen molar-refractivity contribution in [1.82, 2.24) is 0 Å². The molecule has 0 saturated carbocycles. The Morgan fingerprint density at radius 2 is 2.06 bits per heavy atom. The number of rotatable bonds is 4. The van der Waals surface area contributed by atoms with Crippen LogP contribution in [0.2, 0.25) is 0 Å². The summed E-state index contributed by atoms with van der Waals surface area (Å²) in [6.45, 7) is 1.83. The monoisotopic (exact) mass is 309 g/mol. The van der Waals surface area contributed by atoms with Gasteiger partial charge in [0.05, 0.1) is 11.3 Å². The third kappa shape index (κ3) is 3.85. The number of hydrogen-bond acceptors (Lipinski definition) is 2. The van der Waals surface area contributed by atoms with Crippen molar-refractivity contribution in [1.29, 1.82) is 0 Å². The molecule has 0 saturated heterocycles. The number of carbonyl (C=O) groups excluding carboxylic acids is 1. The van der Waals surface area contributed by atoms with Gasteiger partial charge in [-0.1, -0.05) is 24.3 Å². The van der Waals surface area contributed by atoms with Crippen molar-refractivity contribution in [3.63, 3.8) is 0 Å². The molecule has 4 nitrogen and oxygen atoms in total. The summed E-state index contributed by atoms with van der Waals surface area (Å²) < 4.78 is 0.523. The first kappa shape index (κ1) is 14.2. The summed E-state index contributed by atoms with van der Waals surface area (Å²) in [5.74, 6) is -1.48. The number of halogens is 1. The summed E-state index contributed by atoms with van der Waals surface area (Å²) in [5, 5.41) is 11.5. The molecule has 1 aromatic rings. The zero-order valence-corrected chi connectivity index (χ0v) is 11.3. The Morgan fingerprint density at radius 3 is 2.67 bits per heavy atom. The molecule has 0 aromatic heterocycles. The van der Waals surface area contributed by atoms with Gasteiger partial charge in [0.2, 0.25) is 5.91 Å². The molecule has 18 heavy (non-hydrogen) atoms. The molecular formula is C13H12BrNO3. The number of benzene rings is 1. The quantitative estimate of drug-likeness (QED) is 0.663. The van der Waals surface area contributed by atoms with E-state index in [2.05, 4.69) is 21.2 Å². The number of carboxylic acids is 1. The van der Waals surface area contributed by atoms with Gasteiger partial charge in [0.25, 0.3) is 0 Å². The first-order valence-corrected chi connectivity index (χ1v) is 5.97. The zero-order valence-electron chi connectivity index (χ0n) is 9.68.